The molecular formula is C11H13NO4. The van der Waals surface area contributed by atoms with Crippen molar-refractivity contribution < 1.29 is 14.4 Å². The van der Waals surface area contributed by atoms with Gasteiger partial charge in [-0.1, -0.05) is 6.07 Å². The Hall–Kier alpha value is -1.88. The van der Waals surface area contributed by atoms with E-state index in [1.54, 1.807) is 31.4 Å². The fourth-order valence-corrected chi connectivity index (χ4v) is 1.11. The summed E-state index contributed by atoms with van der Waals surface area (Å²) in [7, 11) is 1.58. The molecule has 0 radical (unpaired) electrons. The van der Waals surface area contributed by atoms with Crippen molar-refractivity contribution >= 4 is 5.70 Å². The maximum absolute atomic E-state index is 10.5. The molecule has 0 spiro atoms. The van der Waals surface area contributed by atoms with Crippen LogP contribution in [0.15, 0.2) is 30.8 Å². The summed E-state index contributed by atoms with van der Waals surface area (Å²) in [6, 6.07) is 6.62. The number of methoxy groups -OCH3 is 1. The molecule has 5 nitrogen and oxygen atoms in total. The molecule has 5 heteroatoms. The lowest BCUT2D eigenvalue weighted by Crippen LogP contribution is -2.04. The fourth-order valence-electron chi connectivity index (χ4n) is 1.11. The molecule has 1 aromatic rings. The van der Waals surface area contributed by atoms with Crippen LogP contribution in [0.5, 0.6) is 5.75 Å². The highest BCUT2D eigenvalue weighted by Gasteiger charge is 2.10. The monoisotopic (exact) mass is 223 g/mol. The van der Waals surface area contributed by atoms with E-state index in [0.29, 0.717) is 24.5 Å². The Morgan fingerprint density at radius 3 is 2.88 bits per heavy atom. The zero-order valence-corrected chi connectivity index (χ0v) is 9.01. The van der Waals surface area contributed by atoms with Crippen LogP contribution in [0.1, 0.15) is 5.56 Å². The van der Waals surface area contributed by atoms with E-state index in [9.17, 15) is 10.1 Å². The van der Waals surface area contributed by atoms with Crippen molar-refractivity contribution in [3.05, 3.63) is 46.5 Å². The summed E-state index contributed by atoms with van der Waals surface area (Å²) in [5, 5.41) is 10.5. The second kappa shape index (κ2) is 5.87. The molecule has 0 fully saturated rings. The molecule has 0 aromatic heterocycles. The van der Waals surface area contributed by atoms with Gasteiger partial charge >= 0.3 is 0 Å². The van der Waals surface area contributed by atoms with Gasteiger partial charge in [-0.3, -0.25) is 10.1 Å². The summed E-state index contributed by atoms with van der Waals surface area (Å²) in [6.07, 6.45) is 0. The second-order valence-corrected chi connectivity index (χ2v) is 3.07. The van der Waals surface area contributed by atoms with E-state index in [4.69, 9.17) is 9.47 Å². The van der Waals surface area contributed by atoms with Crippen molar-refractivity contribution in [3.63, 3.8) is 0 Å². The van der Waals surface area contributed by atoms with Crippen molar-refractivity contribution in [1.29, 1.82) is 0 Å². The van der Waals surface area contributed by atoms with Gasteiger partial charge in [0.2, 0.25) is 0 Å². The lowest BCUT2D eigenvalue weighted by Gasteiger charge is -2.06. The number of hydrogen-bond donors (Lipinski definition) is 0. The maximum Gasteiger partial charge on any atom is 0.269 e. The minimum atomic E-state index is -0.520. The molecule has 0 aliphatic heterocycles. The van der Waals surface area contributed by atoms with Crippen LogP contribution < -0.4 is 4.74 Å². The molecule has 0 aliphatic carbocycles. The number of hydrogen-bond acceptors (Lipinski definition) is 4. The minimum Gasteiger partial charge on any atom is -0.491 e. The first kappa shape index (κ1) is 12.2. The lowest BCUT2D eigenvalue weighted by atomic mass is 10.2. The molecule has 1 aromatic carbocycles. The third-order valence-corrected chi connectivity index (χ3v) is 1.94. The second-order valence-electron chi connectivity index (χ2n) is 3.07. The van der Waals surface area contributed by atoms with Gasteiger partial charge in [-0.05, 0) is 24.8 Å². The Labute approximate surface area is 93.4 Å². The largest absolute Gasteiger partial charge is 0.491 e. The quantitative estimate of drug-likeness (QED) is 0.420. The van der Waals surface area contributed by atoms with Gasteiger partial charge in [-0.25, -0.2) is 0 Å². The predicted molar refractivity (Wildman–Crippen MR) is 59.8 cm³/mol. The first-order valence-electron chi connectivity index (χ1n) is 4.70. The molecule has 0 heterocycles. The zero-order chi connectivity index (χ0) is 12.0. The summed E-state index contributed by atoms with van der Waals surface area (Å²) >= 11 is 0. The van der Waals surface area contributed by atoms with E-state index < -0.39 is 4.92 Å². The Morgan fingerprint density at radius 1 is 1.50 bits per heavy atom. The van der Waals surface area contributed by atoms with Crippen molar-refractivity contribution in [2.75, 3.05) is 20.3 Å². The number of nitro groups is 1. The van der Waals surface area contributed by atoms with Crippen molar-refractivity contribution in [2.24, 2.45) is 0 Å². The summed E-state index contributed by atoms with van der Waals surface area (Å²) < 4.78 is 10.2. The summed E-state index contributed by atoms with van der Waals surface area (Å²) in [6.45, 7) is 4.26. The van der Waals surface area contributed by atoms with Crippen LogP contribution in [0.25, 0.3) is 5.70 Å². The van der Waals surface area contributed by atoms with E-state index in [-0.39, 0.29) is 5.70 Å². The summed E-state index contributed by atoms with van der Waals surface area (Å²) in [4.78, 5) is 10.00. The lowest BCUT2D eigenvalue weighted by molar-refractivity contribution is -0.375. The van der Waals surface area contributed by atoms with E-state index in [1.807, 2.05) is 0 Å². The first-order chi connectivity index (χ1) is 7.65. The molecule has 0 saturated heterocycles. The van der Waals surface area contributed by atoms with Crippen LogP contribution in [0, 0.1) is 10.1 Å². The van der Waals surface area contributed by atoms with Gasteiger partial charge in [-0.2, -0.15) is 0 Å². The molecule has 0 aliphatic rings. The van der Waals surface area contributed by atoms with Gasteiger partial charge in [0.15, 0.2) is 0 Å². The molecule has 0 atom stereocenters. The average Bonchev–Trinajstić information content (AvgIpc) is 2.29. The predicted octanol–water partition coefficient (Wildman–Crippen LogP) is 1.96. The van der Waals surface area contributed by atoms with Crippen LogP contribution in [0.4, 0.5) is 0 Å². The molecule has 0 saturated carbocycles. The molecule has 0 unspecified atom stereocenters. The van der Waals surface area contributed by atoms with Crippen LogP contribution in [0.2, 0.25) is 0 Å². The van der Waals surface area contributed by atoms with Crippen LogP contribution in [0.3, 0.4) is 0 Å². The van der Waals surface area contributed by atoms with E-state index in [0.717, 1.165) is 0 Å². The topological polar surface area (TPSA) is 61.6 Å². The van der Waals surface area contributed by atoms with E-state index in [2.05, 4.69) is 6.58 Å². The summed E-state index contributed by atoms with van der Waals surface area (Å²) in [5.74, 6) is 0.567. The van der Waals surface area contributed by atoms with Crippen molar-refractivity contribution in [1.82, 2.24) is 0 Å². The first-order valence-corrected chi connectivity index (χ1v) is 4.70. The molecule has 0 N–H and O–H groups in total. The number of rotatable bonds is 6. The Balaban J connectivity index is 2.71. The van der Waals surface area contributed by atoms with Gasteiger partial charge in [-0.15, -0.1) is 0 Å². The Bertz CT molecular complexity index is 389. The highest BCUT2D eigenvalue weighted by molar-refractivity contribution is 5.57. The third-order valence-electron chi connectivity index (χ3n) is 1.94. The normalized spacial score (nSPS) is 9.81. The fraction of sp³-hybridized carbons (Fsp3) is 0.273. The minimum absolute atomic E-state index is 0.141. The van der Waals surface area contributed by atoms with Crippen LogP contribution >= 0.6 is 0 Å². The van der Waals surface area contributed by atoms with Crippen molar-refractivity contribution in [3.8, 4) is 5.75 Å². The van der Waals surface area contributed by atoms with Gasteiger partial charge in [0.1, 0.15) is 12.4 Å². The molecule has 1 rings (SSSR count). The van der Waals surface area contributed by atoms with Crippen LogP contribution in [-0.2, 0) is 4.74 Å². The number of benzene rings is 1. The highest BCUT2D eigenvalue weighted by atomic mass is 16.6. The van der Waals surface area contributed by atoms with E-state index >= 15 is 0 Å². The highest BCUT2D eigenvalue weighted by Crippen LogP contribution is 2.19. The SMILES string of the molecule is C=C(c1cccc(OCCOC)c1)[N+](=O)[O-]. The molecule has 16 heavy (non-hydrogen) atoms. The number of ether oxygens (including phenoxy) is 2. The van der Waals surface area contributed by atoms with E-state index in [1.165, 1.54) is 0 Å². The maximum atomic E-state index is 10.5. The third kappa shape index (κ3) is 3.36. The number of nitrogens with zero attached hydrogens (tertiary/aromatic N) is 1. The van der Waals surface area contributed by atoms with Gasteiger partial charge in [0.05, 0.1) is 17.1 Å². The molecule has 0 bridgehead atoms. The Kier molecular flexibility index (Phi) is 4.47. The smallest absolute Gasteiger partial charge is 0.269 e. The molecular weight excluding hydrogens is 210 g/mol. The zero-order valence-electron chi connectivity index (χ0n) is 9.01. The van der Waals surface area contributed by atoms with Crippen LogP contribution in [-0.4, -0.2) is 25.2 Å². The van der Waals surface area contributed by atoms with Gasteiger partial charge in [0.25, 0.3) is 5.70 Å². The summed E-state index contributed by atoms with van der Waals surface area (Å²) in [5.41, 5.74) is 0.303. The van der Waals surface area contributed by atoms with Gasteiger partial charge in [0, 0.05) is 7.11 Å². The van der Waals surface area contributed by atoms with Crippen molar-refractivity contribution in [2.45, 2.75) is 0 Å². The van der Waals surface area contributed by atoms with Gasteiger partial charge < -0.3 is 9.47 Å². The average molecular weight is 223 g/mol. The Morgan fingerprint density at radius 2 is 2.25 bits per heavy atom. The standard InChI is InChI=1S/C11H13NO4/c1-9(12(13)14)10-4-3-5-11(8-10)16-7-6-15-2/h3-5,8H,1,6-7H2,2H3. The molecule has 86 valence electrons. The molecule has 0 amide bonds.